The van der Waals surface area contributed by atoms with E-state index in [1.165, 1.54) is 12.1 Å². The average Bonchev–Trinajstić information content (AvgIpc) is 3.67. The molecule has 0 unspecified atom stereocenters. The molecule has 4 aromatic rings. The molecule has 0 aliphatic carbocycles. The van der Waals surface area contributed by atoms with Crippen LogP contribution in [0.2, 0.25) is 0 Å². The van der Waals surface area contributed by atoms with Gasteiger partial charge in [0.2, 0.25) is 0 Å². The van der Waals surface area contributed by atoms with Crippen molar-refractivity contribution in [2.75, 3.05) is 37.7 Å². The summed E-state index contributed by atoms with van der Waals surface area (Å²) in [7, 11) is 0. The highest BCUT2D eigenvalue weighted by Gasteiger charge is 2.49. The summed E-state index contributed by atoms with van der Waals surface area (Å²) in [6.45, 7) is 6.52. The monoisotopic (exact) mass is 618 g/mol. The number of aromatic hydroxyl groups is 1. The van der Waals surface area contributed by atoms with Gasteiger partial charge in [0, 0.05) is 43.7 Å². The lowest BCUT2D eigenvalue weighted by atomic mass is 9.94. The second-order valence-electron chi connectivity index (χ2n) is 13.3. The summed E-state index contributed by atoms with van der Waals surface area (Å²) in [5, 5.41) is 15.9. The Morgan fingerprint density at radius 3 is 2.64 bits per heavy atom. The molecule has 6 heterocycles. The van der Waals surface area contributed by atoms with E-state index in [0.717, 1.165) is 32.2 Å². The van der Waals surface area contributed by atoms with Gasteiger partial charge in [-0.1, -0.05) is 13.0 Å². The lowest BCUT2D eigenvalue weighted by molar-refractivity contribution is 0.107. The fourth-order valence-corrected chi connectivity index (χ4v) is 8.43. The molecule has 4 atom stereocenters. The Bertz CT molecular complexity index is 1830. The lowest BCUT2D eigenvalue weighted by Crippen LogP contribution is -2.51. The minimum absolute atomic E-state index is 0.0196. The maximum absolute atomic E-state index is 17.0. The highest BCUT2D eigenvalue weighted by Crippen LogP contribution is 2.42. The summed E-state index contributed by atoms with van der Waals surface area (Å²) in [5.41, 5.74) is 0.876. The number of ether oxygens (including phenoxy) is 1. The summed E-state index contributed by atoms with van der Waals surface area (Å²) in [4.78, 5) is 18.6. The van der Waals surface area contributed by atoms with Gasteiger partial charge in [0.25, 0.3) is 0 Å². The molecular formula is C34H37F3N6O2. The summed E-state index contributed by atoms with van der Waals surface area (Å²) in [5.74, 6) is -0.589. The van der Waals surface area contributed by atoms with Gasteiger partial charge in [-0.25, -0.2) is 18.2 Å². The number of phenols is 1. The maximum atomic E-state index is 17.0. The minimum Gasteiger partial charge on any atom is -0.508 e. The summed E-state index contributed by atoms with van der Waals surface area (Å²) in [6.07, 6.45) is 3.81. The molecule has 0 spiro atoms. The number of alkyl halides is 1. The smallest absolute Gasteiger partial charge is 0.319 e. The van der Waals surface area contributed by atoms with Crippen LogP contribution in [-0.4, -0.2) is 81.5 Å². The number of phenolic OH excluding ortho intramolecular Hbond substituents is 1. The first-order valence-corrected chi connectivity index (χ1v) is 16.1. The Morgan fingerprint density at radius 2 is 1.87 bits per heavy atom. The topological polar surface area (TPSA) is 86.6 Å². The molecule has 2 bridgehead atoms. The molecule has 0 radical (unpaired) electrons. The molecule has 2 aromatic carbocycles. The summed E-state index contributed by atoms with van der Waals surface area (Å²) in [6, 6.07) is 6.59. The van der Waals surface area contributed by atoms with Gasteiger partial charge in [-0.2, -0.15) is 9.97 Å². The summed E-state index contributed by atoms with van der Waals surface area (Å²) < 4.78 is 52.7. The molecule has 4 aliphatic heterocycles. The van der Waals surface area contributed by atoms with Crippen molar-refractivity contribution in [2.24, 2.45) is 0 Å². The SMILES string of the molecule is CCc1c(F)ccc2cc(O)cc(-c3nc(C)c4c(N5C[C@H]6CC[C@@H](C5)N6)nc(OC[C@@]56CCCN5C[C@H](F)C6)nc4c3F)c12. The minimum atomic E-state index is -0.901. The summed E-state index contributed by atoms with van der Waals surface area (Å²) >= 11 is 0. The van der Waals surface area contributed by atoms with Crippen LogP contribution in [0.1, 0.15) is 50.3 Å². The van der Waals surface area contributed by atoms with Crippen LogP contribution < -0.4 is 15.0 Å². The van der Waals surface area contributed by atoms with E-state index in [2.05, 4.69) is 20.1 Å². The van der Waals surface area contributed by atoms with E-state index in [1.54, 1.807) is 19.1 Å². The van der Waals surface area contributed by atoms with Crippen LogP contribution >= 0.6 is 0 Å². The second kappa shape index (κ2) is 10.7. The number of fused-ring (bicyclic) bond motifs is 5. The van der Waals surface area contributed by atoms with E-state index < -0.39 is 23.3 Å². The van der Waals surface area contributed by atoms with E-state index >= 15 is 8.78 Å². The lowest BCUT2D eigenvalue weighted by Gasteiger charge is -2.35. The standard InChI is InChI=1S/C34H37F3N6O2/c1-3-24-26(36)8-5-19-11-23(44)12-25(28(19)24)30-29(37)31-27(18(2)38-30)32(42-15-21-6-7-22(16-42)39-21)41-33(40-31)45-17-34-9-4-10-43(34)14-20(35)13-34/h5,8,11-12,20-22,39,44H,3-4,6-7,9-10,13-17H2,1-2H3/t20-,21-,22+,34+/m1/s1. The normalized spacial score (nSPS) is 26.3. The van der Waals surface area contributed by atoms with Crippen molar-refractivity contribution in [3.05, 3.63) is 47.2 Å². The van der Waals surface area contributed by atoms with Gasteiger partial charge in [-0.3, -0.25) is 4.90 Å². The van der Waals surface area contributed by atoms with Gasteiger partial charge in [-0.05, 0) is 80.1 Å². The van der Waals surface area contributed by atoms with Crippen LogP contribution in [0.3, 0.4) is 0 Å². The second-order valence-corrected chi connectivity index (χ2v) is 13.3. The Kier molecular flexibility index (Phi) is 6.83. The number of halogens is 3. The van der Waals surface area contributed by atoms with E-state index in [-0.39, 0.29) is 29.6 Å². The molecule has 8 nitrogen and oxygen atoms in total. The van der Waals surface area contributed by atoms with E-state index in [4.69, 9.17) is 14.7 Å². The zero-order valence-corrected chi connectivity index (χ0v) is 25.5. The Labute approximate surface area is 259 Å². The fourth-order valence-electron chi connectivity index (χ4n) is 8.43. The Balaban J connectivity index is 1.30. The quantitative estimate of drug-likeness (QED) is 0.289. The maximum Gasteiger partial charge on any atom is 0.319 e. The third-order valence-corrected chi connectivity index (χ3v) is 10.4. The number of benzene rings is 2. The van der Waals surface area contributed by atoms with Crippen LogP contribution in [0.25, 0.3) is 32.9 Å². The first-order valence-electron chi connectivity index (χ1n) is 16.1. The number of aryl methyl sites for hydroxylation is 2. The van der Waals surface area contributed by atoms with Gasteiger partial charge in [0.15, 0.2) is 5.82 Å². The van der Waals surface area contributed by atoms with Crippen LogP contribution in [-0.2, 0) is 6.42 Å². The van der Waals surface area contributed by atoms with E-state index in [1.807, 2.05) is 6.92 Å². The van der Waals surface area contributed by atoms with Crippen LogP contribution in [0.5, 0.6) is 11.8 Å². The molecular weight excluding hydrogens is 581 g/mol. The zero-order chi connectivity index (χ0) is 31.0. The number of hydrogen-bond donors (Lipinski definition) is 2. The fraction of sp³-hybridized carbons (Fsp3) is 0.500. The van der Waals surface area contributed by atoms with Crippen molar-refractivity contribution in [3.8, 4) is 23.0 Å². The number of hydrogen-bond acceptors (Lipinski definition) is 8. The van der Waals surface area contributed by atoms with E-state index in [9.17, 15) is 9.50 Å². The average molecular weight is 619 g/mol. The predicted octanol–water partition coefficient (Wildman–Crippen LogP) is 5.60. The zero-order valence-electron chi connectivity index (χ0n) is 25.5. The third kappa shape index (κ3) is 4.69. The van der Waals surface area contributed by atoms with Gasteiger partial charge in [0.05, 0.1) is 16.6 Å². The molecule has 11 heteroatoms. The molecule has 4 aliphatic rings. The molecule has 2 N–H and O–H groups in total. The van der Waals surface area contributed by atoms with E-state index in [0.29, 0.717) is 83.4 Å². The van der Waals surface area contributed by atoms with Gasteiger partial charge < -0.3 is 20.1 Å². The van der Waals surface area contributed by atoms with Crippen molar-refractivity contribution in [1.29, 1.82) is 0 Å². The van der Waals surface area contributed by atoms with Gasteiger partial charge in [0.1, 0.15) is 41.4 Å². The number of rotatable bonds is 6. The third-order valence-electron chi connectivity index (χ3n) is 10.4. The first-order chi connectivity index (χ1) is 21.7. The number of nitrogens with zero attached hydrogens (tertiary/aromatic N) is 5. The highest BCUT2D eigenvalue weighted by molar-refractivity contribution is 6.02. The number of aromatic nitrogens is 3. The number of anilines is 1. The van der Waals surface area contributed by atoms with Gasteiger partial charge >= 0.3 is 6.01 Å². The van der Waals surface area contributed by atoms with Crippen molar-refractivity contribution in [1.82, 2.24) is 25.2 Å². The number of piperazine rings is 1. The molecule has 0 saturated carbocycles. The molecule has 4 saturated heterocycles. The molecule has 4 fully saturated rings. The Hall–Kier alpha value is -3.70. The number of pyridine rings is 1. The molecule has 45 heavy (non-hydrogen) atoms. The van der Waals surface area contributed by atoms with Crippen molar-refractivity contribution in [3.63, 3.8) is 0 Å². The number of nitrogens with one attached hydrogen (secondary N) is 1. The van der Waals surface area contributed by atoms with Crippen molar-refractivity contribution < 1.29 is 23.0 Å². The van der Waals surface area contributed by atoms with Crippen molar-refractivity contribution in [2.45, 2.75) is 76.2 Å². The van der Waals surface area contributed by atoms with Crippen LogP contribution in [0.15, 0.2) is 24.3 Å². The van der Waals surface area contributed by atoms with Crippen molar-refractivity contribution >= 4 is 27.5 Å². The largest absolute Gasteiger partial charge is 0.508 e. The first kappa shape index (κ1) is 28.8. The predicted molar refractivity (Wildman–Crippen MR) is 167 cm³/mol. The molecule has 2 aromatic heterocycles. The van der Waals surface area contributed by atoms with Gasteiger partial charge in [-0.15, -0.1) is 0 Å². The molecule has 236 valence electrons. The molecule has 8 rings (SSSR count). The highest BCUT2D eigenvalue weighted by atomic mass is 19.1. The van der Waals surface area contributed by atoms with Crippen LogP contribution in [0, 0.1) is 18.6 Å². The Morgan fingerprint density at radius 1 is 1.07 bits per heavy atom. The van der Waals surface area contributed by atoms with Crippen LogP contribution in [0.4, 0.5) is 19.0 Å². The molecule has 0 amide bonds.